The molecule has 6 heteroatoms. The average Bonchev–Trinajstić information content (AvgIpc) is 2.78. The van der Waals surface area contributed by atoms with E-state index in [0.29, 0.717) is 31.3 Å². The van der Waals surface area contributed by atoms with Crippen molar-refractivity contribution < 1.29 is 19.0 Å². The highest BCUT2D eigenvalue weighted by Crippen LogP contribution is 2.31. The lowest BCUT2D eigenvalue weighted by molar-refractivity contribution is -0.120. The van der Waals surface area contributed by atoms with Crippen molar-refractivity contribution in [3.63, 3.8) is 0 Å². The Morgan fingerprint density at radius 1 is 1.10 bits per heavy atom. The maximum atomic E-state index is 12.4. The van der Waals surface area contributed by atoms with Crippen LogP contribution in [0.4, 0.5) is 0 Å². The SMILES string of the molecule is CCCOc1ccc2ccccc2c1/C=N\NC(=O)Cc1ccc2c(c1)OCCO2. The van der Waals surface area contributed by atoms with Crippen molar-refractivity contribution >= 4 is 22.9 Å². The molecule has 0 saturated heterocycles. The predicted molar refractivity (Wildman–Crippen MR) is 117 cm³/mol. The minimum Gasteiger partial charge on any atom is -0.493 e. The number of amides is 1. The molecular formula is C24H24N2O4. The molecule has 0 fully saturated rings. The molecule has 0 unspecified atom stereocenters. The lowest BCUT2D eigenvalue weighted by Gasteiger charge is -2.18. The van der Waals surface area contributed by atoms with E-state index in [1.54, 1.807) is 6.21 Å². The number of ether oxygens (including phenoxy) is 3. The Labute approximate surface area is 175 Å². The van der Waals surface area contributed by atoms with E-state index in [1.165, 1.54) is 0 Å². The second-order valence-electron chi connectivity index (χ2n) is 6.99. The molecule has 0 aromatic heterocycles. The van der Waals surface area contributed by atoms with Gasteiger partial charge in [0.2, 0.25) is 5.91 Å². The molecule has 1 aliphatic rings. The standard InChI is InChI=1S/C24H24N2O4/c1-2-11-28-21-10-8-18-5-3-4-6-19(18)20(21)16-25-26-24(27)15-17-7-9-22-23(14-17)30-13-12-29-22/h3-10,14,16H,2,11-13,15H2,1H3,(H,26,27)/b25-16-. The van der Waals surface area contributed by atoms with E-state index in [1.807, 2.05) is 54.6 Å². The Balaban J connectivity index is 1.47. The molecule has 3 aromatic rings. The zero-order valence-corrected chi connectivity index (χ0v) is 16.9. The van der Waals surface area contributed by atoms with Gasteiger partial charge in [0, 0.05) is 5.56 Å². The molecule has 1 N–H and O–H groups in total. The molecule has 30 heavy (non-hydrogen) atoms. The fourth-order valence-electron chi connectivity index (χ4n) is 3.34. The highest BCUT2D eigenvalue weighted by molar-refractivity contribution is 6.02. The predicted octanol–water partition coefficient (Wildman–Crippen LogP) is 4.09. The van der Waals surface area contributed by atoms with Crippen molar-refractivity contribution in [3.05, 3.63) is 65.7 Å². The smallest absolute Gasteiger partial charge is 0.244 e. The van der Waals surface area contributed by atoms with Gasteiger partial charge in [0.05, 0.1) is 19.2 Å². The third-order valence-corrected chi connectivity index (χ3v) is 4.75. The number of carbonyl (C=O) groups is 1. The lowest BCUT2D eigenvalue weighted by atomic mass is 10.0. The van der Waals surface area contributed by atoms with Crippen LogP contribution in [0.1, 0.15) is 24.5 Å². The van der Waals surface area contributed by atoms with Crippen LogP contribution in [0, 0.1) is 0 Å². The van der Waals surface area contributed by atoms with Crippen LogP contribution in [0.25, 0.3) is 10.8 Å². The topological polar surface area (TPSA) is 69.2 Å². The summed E-state index contributed by atoms with van der Waals surface area (Å²) in [6.45, 7) is 3.74. The number of benzene rings is 3. The van der Waals surface area contributed by atoms with Crippen molar-refractivity contribution in [2.45, 2.75) is 19.8 Å². The monoisotopic (exact) mass is 404 g/mol. The third-order valence-electron chi connectivity index (χ3n) is 4.75. The first-order valence-corrected chi connectivity index (χ1v) is 10.1. The van der Waals surface area contributed by atoms with Gasteiger partial charge in [-0.25, -0.2) is 5.43 Å². The van der Waals surface area contributed by atoms with Gasteiger partial charge in [0.15, 0.2) is 11.5 Å². The number of hydrazone groups is 1. The van der Waals surface area contributed by atoms with Gasteiger partial charge in [-0.3, -0.25) is 4.79 Å². The number of hydrogen-bond acceptors (Lipinski definition) is 5. The zero-order valence-electron chi connectivity index (χ0n) is 16.9. The number of rotatable bonds is 7. The molecule has 0 spiro atoms. The van der Waals surface area contributed by atoms with Crippen LogP contribution in [-0.2, 0) is 11.2 Å². The van der Waals surface area contributed by atoms with E-state index in [2.05, 4.69) is 17.5 Å². The number of nitrogens with one attached hydrogen (secondary N) is 1. The van der Waals surface area contributed by atoms with E-state index in [9.17, 15) is 4.79 Å². The Morgan fingerprint density at radius 2 is 1.93 bits per heavy atom. The van der Waals surface area contributed by atoms with Gasteiger partial charge in [0.1, 0.15) is 19.0 Å². The summed E-state index contributed by atoms with van der Waals surface area (Å²) in [5.41, 5.74) is 4.30. The Kier molecular flexibility index (Phi) is 6.13. The maximum Gasteiger partial charge on any atom is 0.244 e. The first-order valence-electron chi connectivity index (χ1n) is 10.1. The summed E-state index contributed by atoms with van der Waals surface area (Å²) in [6.07, 6.45) is 2.76. The van der Waals surface area contributed by atoms with Gasteiger partial charge in [-0.15, -0.1) is 0 Å². The summed E-state index contributed by atoms with van der Waals surface area (Å²) in [6, 6.07) is 17.5. The molecule has 0 aliphatic carbocycles. The third kappa shape index (κ3) is 4.54. The molecule has 0 atom stereocenters. The van der Waals surface area contributed by atoms with E-state index in [4.69, 9.17) is 14.2 Å². The summed E-state index contributed by atoms with van der Waals surface area (Å²) in [5.74, 6) is 1.92. The van der Waals surface area contributed by atoms with E-state index in [0.717, 1.165) is 34.1 Å². The molecule has 4 rings (SSSR count). The van der Waals surface area contributed by atoms with Crippen LogP contribution in [0.3, 0.4) is 0 Å². The fraction of sp³-hybridized carbons (Fsp3) is 0.250. The van der Waals surface area contributed by atoms with Crippen LogP contribution in [0.5, 0.6) is 17.2 Å². The molecule has 1 aliphatic heterocycles. The van der Waals surface area contributed by atoms with Crippen LogP contribution in [0.2, 0.25) is 0 Å². The summed E-state index contributed by atoms with van der Waals surface area (Å²) < 4.78 is 17.0. The summed E-state index contributed by atoms with van der Waals surface area (Å²) in [5, 5.41) is 6.30. The van der Waals surface area contributed by atoms with Gasteiger partial charge in [-0.2, -0.15) is 5.10 Å². The number of nitrogens with zero attached hydrogens (tertiary/aromatic N) is 1. The van der Waals surface area contributed by atoms with Gasteiger partial charge < -0.3 is 14.2 Å². The second kappa shape index (κ2) is 9.31. The number of carbonyl (C=O) groups excluding carboxylic acids is 1. The normalized spacial score (nSPS) is 12.8. The molecule has 0 bridgehead atoms. The molecule has 6 nitrogen and oxygen atoms in total. The van der Waals surface area contributed by atoms with Crippen molar-refractivity contribution in [2.75, 3.05) is 19.8 Å². The maximum absolute atomic E-state index is 12.4. The fourth-order valence-corrected chi connectivity index (χ4v) is 3.34. The quantitative estimate of drug-likeness (QED) is 0.476. The van der Waals surface area contributed by atoms with Crippen LogP contribution in [0.15, 0.2) is 59.7 Å². The zero-order chi connectivity index (χ0) is 20.8. The van der Waals surface area contributed by atoms with E-state index < -0.39 is 0 Å². The summed E-state index contributed by atoms with van der Waals surface area (Å²) in [4.78, 5) is 12.4. The molecule has 0 radical (unpaired) electrons. The van der Waals surface area contributed by atoms with Gasteiger partial charge >= 0.3 is 0 Å². The molecule has 154 valence electrons. The van der Waals surface area contributed by atoms with Crippen molar-refractivity contribution in [1.82, 2.24) is 5.43 Å². The highest BCUT2D eigenvalue weighted by Gasteiger charge is 2.13. The van der Waals surface area contributed by atoms with Gasteiger partial charge in [0.25, 0.3) is 0 Å². The van der Waals surface area contributed by atoms with Crippen LogP contribution in [-0.4, -0.2) is 31.9 Å². The molecule has 1 heterocycles. The second-order valence-corrected chi connectivity index (χ2v) is 6.99. The first-order chi connectivity index (χ1) is 14.7. The lowest BCUT2D eigenvalue weighted by Crippen LogP contribution is -2.20. The van der Waals surface area contributed by atoms with Gasteiger partial charge in [-0.1, -0.05) is 43.3 Å². The van der Waals surface area contributed by atoms with Crippen molar-refractivity contribution in [1.29, 1.82) is 0 Å². The summed E-state index contributed by atoms with van der Waals surface area (Å²) in [7, 11) is 0. The van der Waals surface area contributed by atoms with Crippen molar-refractivity contribution in [3.8, 4) is 17.2 Å². The van der Waals surface area contributed by atoms with E-state index >= 15 is 0 Å². The van der Waals surface area contributed by atoms with E-state index in [-0.39, 0.29) is 12.3 Å². The van der Waals surface area contributed by atoms with Gasteiger partial charge in [-0.05, 0) is 41.0 Å². The number of hydrogen-bond donors (Lipinski definition) is 1. The minimum atomic E-state index is -0.209. The minimum absolute atomic E-state index is 0.197. The Morgan fingerprint density at radius 3 is 2.80 bits per heavy atom. The summed E-state index contributed by atoms with van der Waals surface area (Å²) >= 11 is 0. The highest BCUT2D eigenvalue weighted by atomic mass is 16.6. The number of fused-ring (bicyclic) bond motifs is 2. The Bertz CT molecular complexity index is 1080. The largest absolute Gasteiger partial charge is 0.493 e. The molecule has 1 amide bonds. The molecule has 3 aromatic carbocycles. The average molecular weight is 404 g/mol. The van der Waals surface area contributed by atoms with Crippen molar-refractivity contribution in [2.24, 2.45) is 5.10 Å². The molecule has 0 saturated carbocycles. The first kappa shape index (κ1) is 19.8. The van der Waals surface area contributed by atoms with Crippen LogP contribution < -0.4 is 19.6 Å². The molecular weight excluding hydrogens is 380 g/mol. The van der Waals surface area contributed by atoms with Crippen LogP contribution >= 0.6 is 0 Å². The Hall–Kier alpha value is -3.54.